The Bertz CT molecular complexity index is 620. The molecular weight excluding hydrogens is 279 g/mol. The van der Waals surface area contributed by atoms with Gasteiger partial charge >= 0.3 is 0 Å². The van der Waals surface area contributed by atoms with Gasteiger partial charge in [0.05, 0.1) is 7.11 Å². The molecule has 1 N–H and O–H groups in total. The van der Waals surface area contributed by atoms with Crippen molar-refractivity contribution < 1.29 is 14.2 Å². The van der Waals surface area contributed by atoms with Gasteiger partial charge < -0.3 is 9.84 Å². The van der Waals surface area contributed by atoms with Crippen LogP contribution in [0.2, 0.25) is 5.02 Å². The van der Waals surface area contributed by atoms with Crippen molar-refractivity contribution in [3.8, 4) is 5.75 Å². The van der Waals surface area contributed by atoms with Gasteiger partial charge in [-0.15, -0.1) is 0 Å². The maximum Gasteiger partial charge on any atom is 0.130 e. The van der Waals surface area contributed by atoms with E-state index in [2.05, 4.69) is 0 Å². The first-order valence-electron chi connectivity index (χ1n) is 6.22. The van der Waals surface area contributed by atoms with Crippen molar-refractivity contribution >= 4 is 11.6 Å². The number of aryl methyl sites for hydroxylation is 2. The summed E-state index contributed by atoms with van der Waals surface area (Å²) in [7, 11) is 1.52. The molecule has 0 fully saturated rings. The molecule has 2 rings (SSSR count). The highest BCUT2D eigenvalue weighted by Crippen LogP contribution is 2.37. The molecule has 0 radical (unpaired) electrons. The highest BCUT2D eigenvalue weighted by molar-refractivity contribution is 6.31. The van der Waals surface area contributed by atoms with Crippen molar-refractivity contribution in [3.63, 3.8) is 0 Å². The summed E-state index contributed by atoms with van der Waals surface area (Å²) < 4.78 is 19.3. The lowest BCUT2D eigenvalue weighted by Gasteiger charge is -2.20. The number of rotatable bonds is 3. The minimum absolute atomic E-state index is 0.0689. The number of hydrogen-bond donors (Lipinski definition) is 1. The average molecular weight is 295 g/mol. The monoisotopic (exact) mass is 294 g/mol. The zero-order chi connectivity index (χ0) is 14.9. The first-order chi connectivity index (χ1) is 9.45. The number of aliphatic hydroxyl groups is 1. The first kappa shape index (κ1) is 14.8. The molecule has 1 atom stereocenters. The summed E-state index contributed by atoms with van der Waals surface area (Å²) in [4.78, 5) is 0. The van der Waals surface area contributed by atoms with Crippen molar-refractivity contribution in [2.24, 2.45) is 0 Å². The molecule has 0 amide bonds. The van der Waals surface area contributed by atoms with E-state index in [9.17, 15) is 9.50 Å². The second kappa shape index (κ2) is 5.81. The van der Waals surface area contributed by atoms with Crippen LogP contribution in [0.15, 0.2) is 30.3 Å². The third kappa shape index (κ3) is 2.65. The molecule has 2 aromatic carbocycles. The van der Waals surface area contributed by atoms with Gasteiger partial charge in [-0.2, -0.15) is 0 Å². The van der Waals surface area contributed by atoms with Crippen molar-refractivity contribution in [1.29, 1.82) is 0 Å². The van der Waals surface area contributed by atoms with Crippen LogP contribution in [-0.4, -0.2) is 12.2 Å². The maximum atomic E-state index is 13.9. The van der Waals surface area contributed by atoms with Crippen LogP contribution in [-0.2, 0) is 0 Å². The van der Waals surface area contributed by atoms with E-state index in [4.69, 9.17) is 16.3 Å². The summed E-state index contributed by atoms with van der Waals surface area (Å²) in [6.07, 6.45) is -1.17. The Balaban J connectivity index is 2.62. The second-order valence-electron chi connectivity index (χ2n) is 4.74. The lowest BCUT2D eigenvalue weighted by atomic mass is 9.94. The van der Waals surface area contributed by atoms with Crippen LogP contribution in [0.25, 0.3) is 0 Å². The summed E-state index contributed by atoms with van der Waals surface area (Å²) in [5, 5.41) is 10.7. The molecule has 0 saturated carbocycles. The maximum absolute atomic E-state index is 13.9. The Morgan fingerprint density at radius 3 is 2.50 bits per heavy atom. The molecule has 0 aliphatic heterocycles. The SMILES string of the molecule is COc1cc(C)cc(C)c1C(O)c1c(F)cccc1Cl. The standard InChI is InChI=1S/C16H16ClFO2/c1-9-7-10(2)14(13(8-9)20-3)16(19)15-11(17)5-4-6-12(15)18/h4-8,16,19H,1-3H3. The lowest BCUT2D eigenvalue weighted by molar-refractivity contribution is 0.209. The highest BCUT2D eigenvalue weighted by Gasteiger charge is 2.23. The van der Waals surface area contributed by atoms with E-state index in [0.717, 1.165) is 11.1 Å². The third-order valence-electron chi connectivity index (χ3n) is 3.26. The largest absolute Gasteiger partial charge is 0.496 e. The van der Waals surface area contributed by atoms with Crippen LogP contribution in [0, 0.1) is 19.7 Å². The Hall–Kier alpha value is -1.58. The van der Waals surface area contributed by atoms with Gasteiger partial charge in [-0.3, -0.25) is 0 Å². The van der Waals surface area contributed by atoms with Crippen LogP contribution < -0.4 is 4.74 Å². The van der Waals surface area contributed by atoms with E-state index < -0.39 is 11.9 Å². The summed E-state index contributed by atoms with van der Waals surface area (Å²) in [6, 6.07) is 8.06. The number of aliphatic hydroxyl groups excluding tert-OH is 1. The Morgan fingerprint density at radius 1 is 1.20 bits per heavy atom. The molecule has 0 aromatic heterocycles. The number of methoxy groups -OCH3 is 1. The molecule has 0 heterocycles. The number of hydrogen-bond acceptors (Lipinski definition) is 2. The van der Waals surface area contributed by atoms with E-state index in [1.807, 2.05) is 19.9 Å². The van der Waals surface area contributed by atoms with Gasteiger partial charge in [0.1, 0.15) is 17.7 Å². The van der Waals surface area contributed by atoms with E-state index in [-0.39, 0.29) is 10.6 Å². The molecule has 0 bridgehead atoms. The number of halogens is 2. The van der Waals surface area contributed by atoms with Crippen LogP contribution in [0.4, 0.5) is 4.39 Å². The molecule has 106 valence electrons. The van der Waals surface area contributed by atoms with Gasteiger partial charge in [-0.05, 0) is 43.2 Å². The summed E-state index contributed by atoms with van der Waals surface area (Å²) >= 11 is 6.01. The average Bonchev–Trinajstić information content (AvgIpc) is 2.37. The summed E-state index contributed by atoms with van der Waals surface area (Å²) in [6.45, 7) is 3.78. The minimum atomic E-state index is -1.17. The van der Waals surface area contributed by atoms with Crippen LogP contribution in [0.3, 0.4) is 0 Å². The zero-order valence-corrected chi connectivity index (χ0v) is 12.3. The fourth-order valence-corrected chi connectivity index (χ4v) is 2.64. The van der Waals surface area contributed by atoms with Crippen molar-refractivity contribution in [2.75, 3.05) is 7.11 Å². The molecule has 0 saturated heterocycles. The molecule has 0 spiro atoms. The normalized spacial score (nSPS) is 12.3. The van der Waals surface area contributed by atoms with Crippen molar-refractivity contribution in [3.05, 3.63) is 63.4 Å². The summed E-state index contributed by atoms with van der Waals surface area (Å²) in [5.41, 5.74) is 2.44. The Kier molecular flexibility index (Phi) is 4.31. The number of benzene rings is 2. The molecule has 1 unspecified atom stereocenters. The zero-order valence-electron chi connectivity index (χ0n) is 11.6. The van der Waals surface area contributed by atoms with Crippen LogP contribution in [0.1, 0.15) is 28.4 Å². The molecule has 20 heavy (non-hydrogen) atoms. The van der Waals surface area contributed by atoms with Gasteiger partial charge in [-0.25, -0.2) is 4.39 Å². The van der Waals surface area contributed by atoms with E-state index in [1.165, 1.54) is 19.2 Å². The van der Waals surface area contributed by atoms with E-state index in [0.29, 0.717) is 11.3 Å². The number of ether oxygens (including phenoxy) is 1. The minimum Gasteiger partial charge on any atom is -0.496 e. The first-order valence-corrected chi connectivity index (χ1v) is 6.60. The lowest BCUT2D eigenvalue weighted by Crippen LogP contribution is -2.08. The predicted molar refractivity (Wildman–Crippen MR) is 77.9 cm³/mol. The van der Waals surface area contributed by atoms with Crippen LogP contribution >= 0.6 is 11.6 Å². The van der Waals surface area contributed by atoms with Gasteiger partial charge in [0.15, 0.2) is 0 Å². The second-order valence-corrected chi connectivity index (χ2v) is 5.14. The third-order valence-corrected chi connectivity index (χ3v) is 3.59. The fourth-order valence-electron chi connectivity index (χ4n) is 2.38. The quantitative estimate of drug-likeness (QED) is 0.920. The Labute approximate surface area is 122 Å². The molecule has 4 heteroatoms. The topological polar surface area (TPSA) is 29.5 Å². The Morgan fingerprint density at radius 2 is 1.90 bits per heavy atom. The smallest absolute Gasteiger partial charge is 0.130 e. The van der Waals surface area contributed by atoms with E-state index >= 15 is 0 Å². The fraction of sp³-hybridized carbons (Fsp3) is 0.250. The predicted octanol–water partition coefficient (Wildman–Crippen LogP) is 4.19. The van der Waals surface area contributed by atoms with Crippen molar-refractivity contribution in [2.45, 2.75) is 20.0 Å². The molecule has 0 aliphatic carbocycles. The van der Waals surface area contributed by atoms with Gasteiger partial charge in [0.2, 0.25) is 0 Å². The molecule has 2 aromatic rings. The van der Waals surface area contributed by atoms with Gasteiger partial charge in [0.25, 0.3) is 0 Å². The van der Waals surface area contributed by atoms with Crippen LogP contribution in [0.5, 0.6) is 5.75 Å². The molecule has 0 aliphatic rings. The van der Waals surface area contributed by atoms with Gasteiger partial charge in [-0.1, -0.05) is 23.7 Å². The van der Waals surface area contributed by atoms with Gasteiger partial charge in [0, 0.05) is 16.1 Å². The summed E-state index contributed by atoms with van der Waals surface area (Å²) in [5.74, 6) is -0.0126. The van der Waals surface area contributed by atoms with E-state index in [1.54, 1.807) is 12.1 Å². The van der Waals surface area contributed by atoms with Crippen molar-refractivity contribution in [1.82, 2.24) is 0 Å². The highest BCUT2D eigenvalue weighted by atomic mass is 35.5. The molecular formula is C16H16ClFO2. The molecule has 2 nitrogen and oxygen atoms in total.